The Morgan fingerprint density at radius 2 is 1.60 bits per heavy atom. The molecule has 0 fully saturated rings. The standard InChI is InChI=1S/C21H20Br2N4O2S/c1-3-12(2)17(24-18(28)13-4-8-15(22)9-5-13)19(29)25-21-27-26-20(30-21)14-6-10-16(23)11-7-14/h4-12,17H,3H2,1-2H3,(H,24,28)(H,25,27,29). The molecule has 0 saturated heterocycles. The first-order valence-electron chi connectivity index (χ1n) is 9.34. The summed E-state index contributed by atoms with van der Waals surface area (Å²) in [5.41, 5.74) is 1.41. The van der Waals surface area contributed by atoms with E-state index in [1.54, 1.807) is 24.3 Å². The minimum absolute atomic E-state index is 0.0525. The zero-order valence-corrected chi connectivity index (χ0v) is 20.3. The van der Waals surface area contributed by atoms with E-state index in [0.717, 1.165) is 20.9 Å². The van der Waals surface area contributed by atoms with Crippen LogP contribution in [-0.4, -0.2) is 28.1 Å². The van der Waals surface area contributed by atoms with Crippen LogP contribution in [0.15, 0.2) is 57.5 Å². The molecular formula is C21H20Br2N4O2S. The first kappa shape index (κ1) is 22.6. The molecule has 0 spiro atoms. The summed E-state index contributed by atoms with van der Waals surface area (Å²) >= 11 is 8.04. The van der Waals surface area contributed by atoms with Crippen molar-refractivity contribution in [1.82, 2.24) is 15.5 Å². The summed E-state index contributed by atoms with van der Waals surface area (Å²) in [6.07, 6.45) is 0.735. The van der Waals surface area contributed by atoms with Crippen LogP contribution >= 0.6 is 43.2 Å². The lowest BCUT2D eigenvalue weighted by molar-refractivity contribution is -0.119. The molecule has 2 atom stereocenters. The molecule has 0 aliphatic heterocycles. The Morgan fingerprint density at radius 3 is 2.20 bits per heavy atom. The van der Waals surface area contributed by atoms with E-state index in [1.807, 2.05) is 38.1 Å². The average Bonchev–Trinajstić information content (AvgIpc) is 3.20. The average molecular weight is 552 g/mol. The maximum absolute atomic E-state index is 12.9. The fourth-order valence-electron chi connectivity index (χ4n) is 2.69. The SMILES string of the molecule is CCC(C)C(NC(=O)c1ccc(Br)cc1)C(=O)Nc1nnc(-c2ccc(Br)cc2)s1. The van der Waals surface area contributed by atoms with Crippen LogP contribution in [0.1, 0.15) is 30.6 Å². The van der Waals surface area contributed by atoms with Gasteiger partial charge in [0.05, 0.1) is 0 Å². The molecular weight excluding hydrogens is 532 g/mol. The third-order valence-electron chi connectivity index (χ3n) is 4.63. The van der Waals surface area contributed by atoms with Gasteiger partial charge in [0.2, 0.25) is 11.0 Å². The molecule has 0 bridgehead atoms. The lowest BCUT2D eigenvalue weighted by atomic mass is 9.98. The van der Waals surface area contributed by atoms with Gasteiger partial charge in [-0.1, -0.05) is 75.6 Å². The van der Waals surface area contributed by atoms with Crippen molar-refractivity contribution in [2.75, 3.05) is 5.32 Å². The minimum Gasteiger partial charge on any atom is -0.340 e. The summed E-state index contributed by atoms with van der Waals surface area (Å²) in [6.45, 7) is 3.91. The van der Waals surface area contributed by atoms with Gasteiger partial charge in [0.25, 0.3) is 5.91 Å². The molecule has 156 valence electrons. The van der Waals surface area contributed by atoms with Crippen molar-refractivity contribution in [2.24, 2.45) is 5.92 Å². The molecule has 1 heterocycles. The molecule has 6 nitrogen and oxygen atoms in total. The summed E-state index contributed by atoms with van der Waals surface area (Å²) in [7, 11) is 0. The highest BCUT2D eigenvalue weighted by Gasteiger charge is 2.27. The summed E-state index contributed by atoms with van der Waals surface area (Å²) in [5, 5.41) is 15.0. The maximum Gasteiger partial charge on any atom is 0.251 e. The van der Waals surface area contributed by atoms with Crippen molar-refractivity contribution < 1.29 is 9.59 Å². The molecule has 2 N–H and O–H groups in total. The van der Waals surface area contributed by atoms with Crippen molar-refractivity contribution >= 4 is 60.1 Å². The van der Waals surface area contributed by atoms with Gasteiger partial charge < -0.3 is 5.32 Å². The van der Waals surface area contributed by atoms with Gasteiger partial charge in [-0.05, 0) is 42.3 Å². The van der Waals surface area contributed by atoms with Crippen LogP contribution in [0.4, 0.5) is 5.13 Å². The Bertz CT molecular complexity index is 1020. The van der Waals surface area contributed by atoms with Gasteiger partial charge in [-0.25, -0.2) is 0 Å². The van der Waals surface area contributed by atoms with Crippen molar-refractivity contribution in [1.29, 1.82) is 0 Å². The molecule has 0 aliphatic carbocycles. The Labute approximate surface area is 195 Å². The maximum atomic E-state index is 12.9. The predicted molar refractivity (Wildman–Crippen MR) is 127 cm³/mol. The summed E-state index contributed by atoms with van der Waals surface area (Å²) in [4.78, 5) is 25.5. The fraction of sp³-hybridized carbons (Fsp3) is 0.238. The fourth-order valence-corrected chi connectivity index (χ4v) is 3.97. The predicted octanol–water partition coefficient (Wildman–Crippen LogP) is 5.51. The molecule has 2 amide bonds. The Kier molecular flexibility index (Phi) is 7.74. The van der Waals surface area contributed by atoms with E-state index < -0.39 is 6.04 Å². The number of anilines is 1. The van der Waals surface area contributed by atoms with Gasteiger partial charge in [-0.2, -0.15) is 0 Å². The van der Waals surface area contributed by atoms with Crippen LogP contribution in [0.3, 0.4) is 0 Å². The van der Waals surface area contributed by atoms with Crippen molar-refractivity contribution in [3.63, 3.8) is 0 Å². The molecule has 30 heavy (non-hydrogen) atoms. The van der Waals surface area contributed by atoms with Gasteiger partial charge in [0.15, 0.2) is 0 Å². The molecule has 0 aliphatic rings. The lowest BCUT2D eigenvalue weighted by Gasteiger charge is -2.23. The lowest BCUT2D eigenvalue weighted by Crippen LogP contribution is -2.47. The van der Waals surface area contributed by atoms with Gasteiger partial charge in [-0.3, -0.25) is 14.9 Å². The number of amides is 2. The van der Waals surface area contributed by atoms with Crippen LogP contribution in [0.2, 0.25) is 0 Å². The number of aromatic nitrogens is 2. The number of hydrogen-bond acceptors (Lipinski definition) is 5. The van der Waals surface area contributed by atoms with Crippen molar-refractivity contribution in [3.8, 4) is 10.6 Å². The van der Waals surface area contributed by atoms with E-state index in [0.29, 0.717) is 15.7 Å². The van der Waals surface area contributed by atoms with Gasteiger partial charge in [-0.15, -0.1) is 10.2 Å². The highest BCUT2D eigenvalue weighted by atomic mass is 79.9. The third-order valence-corrected chi connectivity index (χ3v) is 6.58. The first-order valence-corrected chi connectivity index (χ1v) is 11.7. The number of nitrogens with zero attached hydrogens (tertiary/aromatic N) is 2. The number of rotatable bonds is 7. The highest BCUT2D eigenvalue weighted by Crippen LogP contribution is 2.27. The van der Waals surface area contributed by atoms with Crippen LogP contribution in [0.25, 0.3) is 10.6 Å². The second-order valence-electron chi connectivity index (χ2n) is 6.75. The van der Waals surface area contributed by atoms with E-state index in [2.05, 4.69) is 52.7 Å². The summed E-state index contributed by atoms with van der Waals surface area (Å²) < 4.78 is 1.86. The zero-order chi connectivity index (χ0) is 21.7. The Hall–Kier alpha value is -2.10. The van der Waals surface area contributed by atoms with E-state index in [9.17, 15) is 9.59 Å². The number of nitrogens with one attached hydrogen (secondary N) is 2. The number of hydrogen-bond donors (Lipinski definition) is 2. The van der Waals surface area contributed by atoms with Crippen LogP contribution in [-0.2, 0) is 4.79 Å². The third kappa shape index (κ3) is 5.74. The topological polar surface area (TPSA) is 84.0 Å². The Morgan fingerprint density at radius 1 is 1.00 bits per heavy atom. The zero-order valence-electron chi connectivity index (χ0n) is 16.4. The van der Waals surface area contributed by atoms with Crippen LogP contribution < -0.4 is 10.6 Å². The van der Waals surface area contributed by atoms with Crippen LogP contribution in [0, 0.1) is 5.92 Å². The minimum atomic E-state index is -0.689. The van der Waals surface area contributed by atoms with E-state index >= 15 is 0 Å². The molecule has 1 aromatic heterocycles. The quantitative estimate of drug-likeness (QED) is 0.405. The van der Waals surface area contributed by atoms with E-state index in [4.69, 9.17) is 0 Å². The summed E-state index contributed by atoms with van der Waals surface area (Å²) in [5.74, 6) is -0.660. The molecule has 3 aromatic rings. The van der Waals surface area contributed by atoms with Crippen LogP contribution in [0.5, 0.6) is 0 Å². The molecule has 2 aromatic carbocycles. The number of carbonyl (C=O) groups is 2. The molecule has 0 radical (unpaired) electrons. The first-order chi connectivity index (χ1) is 14.4. The van der Waals surface area contributed by atoms with Gasteiger partial charge in [0.1, 0.15) is 11.0 Å². The van der Waals surface area contributed by atoms with Crippen molar-refractivity contribution in [2.45, 2.75) is 26.3 Å². The second-order valence-corrected chi connectivity index (χ2v) is 9.56. The smallest absolute Gasteiger partial charge is 0.251 e. The molecule has 9 heteroatoms. The number of benzene rings is 2. The highest BCUT2D eigenvalue weighted by molar-refractivity contribution is 9.10. The van der Waals surface area contributed by atoms with E-state index in [-0.39, 0.29) is 17.7 Å². The van der Waals surface area contributed by atoms with Gasteiger partial charge >= 0.3 is 0 Å². The molecule has 0 saturated carbocycles. The van der Waals surface area contributed by atoms with E-state index in [1.165, 1.54) is 11.3 Å². The second kappa shape index (κ2) is 10.3. The number of halogens is 2. The summed E-state index contributed by atoms with van der Waals surface area (Å²) in [6, 6.07) is 14.0. The monoisotopic (exact) mass is 550 g/mol. The largest absolute Gasteiger partial charge is 0.340 e. The molecule has 3 rings (SSSR count). The van der Waals surface area contributed by atoms with Gasteiger partial charge in [0, 0.05) is 20.1 Å². The molecule has 2 unspecified atom stereocenters. The van der Waals surface area contributed by atoms with Crippen molar-refractivity contribution in [3.05, 3.63) is 63.0 Å². The number of carbonyl (C=O) groups excluding carboxylic acids is 2. The normalized spacial score (nSPS) is 12.8. The Balaban J connectivity index is 1.72.